The summed E-state index contributed by atoms with van der Waals surface area (Å²) in [4.78, 5) is 0. The van der Waals surface area contributed by atoms with Crippen LogP contribution in [-0.2, 0) is 6.42 Å². The maximum absolute atomic E-state index is 10.2. The topological polar surface area (TPSA) is 32.3 Å². The fourth-order valence-corrected chi connectivity index (χ4v) is 4.16. The van der Waals surface area contributed by atoms with Crippen molar-refractivity contribution in [2.24, 2.45) is 0 Å². The number of aromatic hydroxyl groups is 1. The van der Waals surface area contributed by atoms with Crippen molar-refractivity contribution in [2.45, 2.75) is 52.0 Å². The normalized spacial score (nSPS) is 21.5. The van der Waals surface area contributed by atoms with Crippen LogP contribution in [-0.4, -0.2) is 5.11 Å². The molecular formula is C20H23NO. The van der Waals surface area contributed by atoms with E-state index in [1.54, 1.807) is 0 Å². The molecule has 22 heavy (non-hydrogen) atoms. The molecule has 114 valence electrons. The highest BCUT2D eigenvalue weighted by Crippen LogP contribution is 2.53. The summed E-state index contributed by atoms with van der Waals surface area (Å²) in [5.74, 6) is 1.53. The molecule has 0 spiro atoms. The Morgan fingerprint density at radius 1 is 1.14 bits per heavy atom. The summed E-state index contributed by atoms with van der Waals surface area (Å²) in [6, 6.07) is 9.40. The van der Waals surface area contributed by atoms with Crippen molar-refractivity contribution in [3.63, 3.8) is 0 Å². The molecule has 0 saturated carbocycles. The van der Waals surface area contributed by atoms with Crippen molar-refractivity contribution in [3.8, 4) is 5.75 Å². The van der Waals surface area contributed by atoms with E-state index >= 15 is 0 Å². The third-order valence-electron chi connectivity index (χ3n) is 5.52. The van der Waals surface area contributed by atoms with Crippen LogP contribution in [0.4, 0.5) is 5.69 Å². The molecule has 2 aromatic rings. The van der Waals surface area contributed by atoms with E-state index in [0.29, 0.717) is 23.6 Å². The average Bonchev–Trinajstić information content (AvgIpc) is 3.01. The number of hydrogen-bond acceptors (Lipinski definition) is 2. The van der Waals surface area contributed by atoms with Crippen molar-refractivity contribution in [3.05, 3.63) is 57.6 Å². The number of phenolic OH excluding ortho intramolecular Hbond substituents is 1. The lowest BCUT2D eigenvalue weighted by atomic mass is 9.92. The van der Waals surface area contributed by atoms with Gasteiger partial charge in [0, 0.05) is 11.6 Å². The second kappa shape index (κ2) is 4.52. The molecule has 0 radical (unpaired) electrons. The number of fused-ring (bicyclic) bond motifs is 5. The molecule has 0 fully saturated rings. The predicted molar refractivity (Wildman–Crippen MR) is 90.9 cm³/mol. The number of anilines is 1. The quantitative estimate of drug-likeness (QED) is 0.780. The van der Waals surface area contributed by atoms with Crippen molar-refractivity contribution in [1.29, 1.82) is 0 Å². The minimum atomic E-state index is 0.366. The molecule has 0 aromatic heterocycles. The van der Waals surface area contributed by atoms with Gasteiger partial charge in [-0.1, -0.05) is 32.0 Å². The molecule has 2 aromatic carbocycles. The van der Waals surface area contributed by atoms with Crippen LogP contribution in [0.25, 0.3) is 0 Å². The zero-order valence-electron chi connectivity index (χ0n) is 13.7. The van der Waals surface area contributed by atoms with E-state index < -0.39 is 0 Å². The minimum absolute atomic E-state index is 0.366. The van der Waals surface area contributed by atoms with Gasteiger partial charge >= 0.3 is 0 Å². The summed E-state index contributed by atoms with van der Waals surface area (Å²) in [7, 11) is 0. The van der Waals surface area contributed by atoms with Crippen LogP contribution in [0.15, 0.2) is 24.3 Å². The van der Waals surface area contributed by atoms with Crippen molar-refractivity contribution >= 4 is 5.69 Å². The monoisotopic (exact) mass is 293 g/mol. The number of nitrogens with one attached hydrogen (secondary N) is 1. The largest absolute Gasteiger partial charge is 0.507 e. The fraction of sp³-hybridized carbons (Fsp3) is 0.400. The van der Waals surface area contributed by atoms with Gasteiger partial charge in [0.25, 0.3) is 0 Å². The molecule has 2 aliphatic rings. The first-order valence-electron chi connectivity index (χ1n) is 8.19. The van der Waals surface area contributed by atoms with E-state index in [9.17, 15) is 5.11 Å². The van der Waals surface area contributed by atoms with E-state index in [0.717, 1.165) is 17.5 Å². The van der Waals surface area contributed by atoms with Gasteiger partial charge in [-0.2, -0.15) is 0 Å². The highest BCUT2D eigenvalue weighted by Gasteiger charge is 2.41. The number of aryl methyl sites for hydroxylation is 1. The Kier molecular flexibility index (Phi) is 2.81. The Hall–Kier alpha value is -1.96. The Bertz CT molecular complexity index is 776. The Balaban J connectivity index is 1.81. The van der Waals surface area contributed by atoms with Crippen LogP contribution >= 0.6 is 0 Å². The number of hydrogen-bond donors (Lipinski definition) is 2. The van der Waals surface area contributed by atoms with Gasteiger partial charge in [0.2, 0.25) is 0 Å². The summed E-state index contributed by atoms with van der Waals surface area (Å²) in [5, 5.41) is 13.9. The van der Waals surface area contributed by atoms with Crippen molar-refractivity contribution in [2.75, 3.05) is 5.32 Å². The summed E-state index contributed by atoms with van der Waals surface area (Å²) in [5.41, 5.74) is 8.90. The van der Waals surface area contributed by atoms with Gasteiger partial charge in [0.1, 0.15) is 5.75 Å². The van der Waals surface area contributed by atoms with Crippen LogP contribution < -0.4 is 5.32 Å². The Morgan fingerprint density at radius 2 is 1.91 bits per heavy atom. The molecule has 2 heteroatoms. The Morgan fingerprint density at radius 3 is 2.64 bits per heavy atom. The van der Waals surface area contributed by atoms with E-state index in [1.807, 2.05) is 13.8 Å². The van der Waals surface area contributed by atoms with E-state index in [-0.39, 0.29) is 0 Å². The highest BCUT2D eigenvalue weighted by molar-refractivity contribution is 5.67. The van der Waals surface area contributed by atoms with Crippen LogP contribution in [0, 0.1) is 13.8 Å². The zero-order chi connectivity index (χ0) is 15.6. The third kappa shape index (κ3) is 1.73. The SMILES string of the molecule is Cc1cc2c(c(C)c1O)CC1c3cc(C(C)C)ccc3NC21. The number of phenols is 1. The molecule has 0 bridgehead atoms. The number of rotatable bonds is 1. The van der Waals surface area contributed by atoms with Crippen molar-refractivity contribution in [1.82, 2.24) is 0 Å². The second-order valence-electron chi connectivity index (χ2n) is 7.17. The maximum atomic E-state index is 10.2. The molecule has 1 heterocycles. The first-order chi connectivity index (χ1) is 10.5. The molecule has 1 aliphatic carbocycles. The summed E-state index contributed by atoms with van der Waals surface area (Å²) >= 11 is 0. The molecule has 0 saturated heterocycles. The molecule has 2 atom stereocenters. The molecule has 2 unspecified atom stereocenters. The fourth-order valence-electron chi connectivity index (χ4n) is 4.16. The molecule has 1 aliphatic heterocycles. The molecule has 2 N–H and O–H groups in total. The van der Waals surface area contributed by atoms with Crippen molar-refractivity contribution < 1.29 is 5.11 Å². The minimum Gasteiger partial charge on any atom is -0.507 e. The Labute approximate surface area is 132 Å². The van der Waals surface area contributed by atoms with E-state index in [4.69, 9.17) is 0 Å². The lowest BCUT2D eigenvalue weighted by Crippen LogP contribution is -2.05. The van der Waals surface area contributed by atoms with Gasteiger partial charge in [0.05, 0.1) is 6.04 Å². The molecule has 2 nitrogen and oxygen atoms in total. The molecule has 4 rings (SSSR count). The smallest absolute Gasteiger partial charge is 0.121 e. The summed E-state index contributed by atoms with van der Waals surface area (Å²) < 4.78 is 0. The maximum Gasteiger partial charge on any atom is 0.121 e. The lowest BCUT2D eigenvalue weighted by molar-refractivity contribution is 0.466. The van der Waals surface area contributed by atoms with Gasteiger partial charge in [0.15, 0.2) is 0 Å². The van der Waals surface area contributed by atoms with E-state index in [2.05, 4.69) is 43.4 Å². The zero-order valence-corrected chi connectivity index (χ0v) is 13.7. The summed E-state index contributed by atoms with van der Waals surface area (Å²) in [6.07, 6.45) is 1.03. The molecule has 0 amide bonds. The first kappa shape index (κ1) is 13.7. The van der Waals surface area contributed by atoms with Gasteiger partial charge < -0.3 is 10.4 Å². The third-order valence-corrected chi connectivity index (χ3v) is 5.52. The van der Waals surface area contributed by atoms with Crippen LogP contribution in [0.3, 0.4) is 0 Å². The van der Waals surface area contributed by atoms with Gasteiger partial charge in [-0.25, -0.2) is 0 Å². The van der Waals surface area contributed by atoms with E-state index in [1.165, 1.54) is 27.9 Å². The van der Waals surface area contributed by atoms with Gasteiger partial charge in [-0.05, 0) is 65.6 Å². The predicted octanol–water partition coefficient (Wildman–Crippen LogP) is 4.94. The lowest BCUT2D eigenvalue weighted by Gasteiger charge is -2.14. The van der Waals surface area contributed by atoms with Crippen LogP contribution in [0.1, 0.15) is 65.1 Å². The first-order valence-corrected chi connectivity index (χ1v) is 8.19. The van der Waals surface area contributed by atoms with Crippen LogP contribution in [0.5, 0.6) is 5.75 Å². The second-order valence-corrected chi connectivity index (χ2v) is 7.17. The average molecular weight is 293 g/mol. The standard InChI is InChI=1S/C20H23NO/c1-10(2)13-5-6-18-15(8-13)17-9-14-12(4)20(22)11(3)7-16(14)19(17)21-18/h5-8,10,17,19,21-22H,9H2,1-4H3. The van der Waals surface area contributed by atoms with Gasteiger partial charge in [-0.15, -0.1) is 0 Å². The van der Waals surface area contributed by atoms with Gasteiger partial charge in [-0.3, -0.25) is 0 Å². The summed E-state index contributed by atoms with van der Waals surface area (Å²) in [6.45, 7) is 8.54. The highest BCUT2D eigenvalue weighted by atomic mass is 16.3. The number of benzene rings is 2. The van der Waals surface area contributed by atoms with Crippen LogP contribution in [0.2, 0.25) is 0 Å². The molecular weight excluding hydrogens is 270 g/mol.